The van der Waals surface area contributed by atoms with Gasteiger partial charge in [0.15, 0.2) is 0 Å². The van der Waals surface area contributed by atoms with E-state index in [1.54, 1.807) is 30.0 Å². The van der Waals surface area contributed by atoms with E-state index in [2.05, 4.69) is 0 Å². The van der Waals surface area contributed by atoms with Crippen LogP contribution in [-0.2, 0) is 0 Å². The second-order valence-corrected chi connectivity index (χ2v) is 5.36. The number of benzene rings is 2. The van der Waals surface area contributed by atoms with E-state index < -0.39 is 5.97 Å². The van der Waals surface area contributed by atoms with Crippen LogP contribution in [0.2, 0.25) is 0 Å². The summed E-state index contributed by atoms with van der Waals surface area (Å²) in [6.45, 7) is 0.662. The van der Waals surface area contributed by atoms with Crippen LogP contribution >= 0.6 is 11.8 Å². The smallest absolute Gasteiger partial charge is 0.335 e. The summed E-state index contributed by atoms with van der Waals surface area (Å²) in [6.07, 6.45) is 0.914. The maximum Gasteiger partial charge on any atom is 0.335 e. The van der Waals surface area contributed by atoms with Crippen molar-refractivity contribution in [2.45, 2.75) is 11.3 Å². The zero-order chi connectivity index (χ0) is 14.2. The molecule has 0 aliphatic carbocycles. The first kappa shape index (κ1) is 14.5. The summed E-state index contributed by atoms with van der Waals surface area (Å²) in [4.78, 5) is 11.8. The predicted octanol–water partition coefficient (Wildman–Crippen LogP) is 3.95. The fourth-order valence-electron chi connectivity index (χ4n) is 1.67. The van der Waals surface area contributed by atoms with Gasteiger partial charge in [-0.1, -0.05) is 24.3 Å². The van der Waals surface area contributed by atoms with Gasteiger partial charge in [-0.05, 0) is 36.8 Å². The van der Waals surface area contributed by atoms with Crippen molar-refractivity contribution in [2.24, 2.45) is 0 Å². The highest BCUT2D eigenvalue weighted by atomic mass is 32.2. The third kappa shape index (κ3) is 4.63. The largest absolute Gasteiger partial charge is 0.494 e. The van der Waals surface area contributed by atoms with E-state index >= 15 is 0 Å². The number of hydrogen-bond donors (Lipinski definition) is 1. The van der Waals surface area contributed by atoms with Crippen LogP contribution in [0.1, 0.15) is 16.8 Å². The molecule has 0 aliphatic rings. The molecule has 2 aromatic carbocycles. The Hall–Kier alpha value is -1.94. The number of carbonyl (C=O) groups is 1. The molecule has 20 heavy (non-hydrogen) atoms. The highest BCUT2D eigenvalue weighted by molar-refractivity contribution is 7.99. The Balaban J connectivity index is 1.71. The van der Waals surface area contributed by atoms with Gasteiger partial charge in [-0.25, -0.2) is 4.79 Å². The fourth-order valence-corrected chi connectivity index (χ4v) is 2.56. The number of aromatic carboxylic acids is 1. The van der Waals surface area contributed by atoms with E-state index in [1.807, 2.05) is 36.4 Å². The molecule has 3 nitrogen and oxygen atoms in total. The van der Waals surface area contributed by atoms with Crippen molar-refractivity contribution in [1.82, 2.24) is 0 Å². The lowest BCUT2D eigenvalue weighted by molar-refractivity contribution is 0.0696. The number of rotatable bonds is 7. The predicted molar refractivity (Wildman–Crippen MR) is 80.7 cm³/mol. The highest BCUT2D eigenvalue weighted by Gasteiger charge is 2.03. The summed E-state index contributed by atoms with van der Waals surface area (Å²) < 4.78 is 5.60. The summed E-state index contributed by atoms with van der Waals surface area (Å²) in [6, 6.07) is 16.7. The van der Waals surface area contributed by atoms with Crippen molar-refractivity contribution >= 4 is 17.7 Å². The molecule has 0 fully saturated rings. The molecular weight excluding hydrogens is 272 g/mol. The monoisotopic (exact) mass is 288 g/mol. The van der Waals surface area contributed by atoms with Crippen LogP contribution in [0.25, 0.3) is 0 Å². The van der Waals surface area contributed by atoms with Gasteiger partial charge >= 0.3 is 5.97 Å². The highest BCUT2D eigenvalue weighted by Crippen LogP contribution is 2.20. The van der Waals surface area contributed by atoms with Crippen molar-refractivity contribution in [3.63, 3.8) is 0 Å². The number of thioether (sulfide) groups is 1. The Morgan fingerprint density at radius 2 is 1.90 bits per heavy atom. The van der Waals surface area contributed by atoms with Crippen LogP contribution in [-0.4, -0.2) is 23.4 Å². The van der Waals surface area contributed by atoms with Crippen molar-refractivity contribution in [3.8, 4) is 5.75 Å². The topological polar surface area (TPSA) is 46.5 Å². The third-order valence-corrected chi connectivity index (χ3v) is 3.73. The molecule has 0 atom stereocenters. The van der Waals surface area contributed by atoms with E-state index in [4.69, 9.17) is 9.84 Å². The molecule has 0 saturated heterocycles. The molecule has 0 radical (unpaired) electrons. The average Bonchev–Trinajstić information content (AvgIpc) is 2.48. The van der Waals surface area contributed by atoms with Gasteiger partial charge in [0.25, 0.3) is 0 Å². The minimum atomic E-state index is -0.889. The van der Waals surface area contributed by atoms with Gasteiger partial charge in [0.2, 0.25) is 0 Å². The first-order valence-electron chi connectivity index (χ1n) is 6.40. The van der Waals surface area contributed by atoms with Crippen LogP contribution in [0.5, 0.6) is 5.75 Å². The summed E-state index contributed by atoms with van der Waals surface area (Å²) in [5.74, 6) is 0.890. The zero-order valence-electron chi connectivity index (χ0n) is 11.0. The van der Waals surface area contributed by atoms with Crippen molar-refractivity contribution in [3.05, 3.63) is 60.2 Å². The Bertz CT molecular complexity index is 555. The number of carboxylic acid groups (broad SMARTS) is 1. The van der Waals surface area contributed by atoms with Crippen LogP contribution in [0, 0.1) is 0 Å². The quantitative estimate of drug-likeness (QED) is 0.619. The first-order chi connectivity index (χ1) is 9.75. The third-order valence-electron chi connectivity index (χ3n) is 2.65. The number of ether oxygens (including phenoxy) is 1. The number of carboxylic acids is 1. The number of para-hydroxylation sites is 1. The van der Waals surface area contributed by atoms with Gasteiger partial charge in [-0.2, -0.15) is 0 Å². The molecule has 0 unspecified atom stereocenters. The van der Waals surface area contributed by atoms with E-state index in [-0.39, 0.29) is 0 Å². The second kappa shape index (κ2) is 7.60. The lowest BCUT2D eigenvalue weighted by Crippen LogP contribution is -1.99. The van der Waals surface area contributed by atoms with Crippen molar-refractivity contribution in [2.75, 3.05) is 12.4 Å². The lowest BCUT2D eigenvalue weighted by atomic mass is 10.2. The van der Waals surface area contributed by atoms with Crippen molar-refractivity contribution in [1.29, 1.82) is 0 Å². The molecule has 2 rings (SSSR count). The molecule has 1 N–H and O–H groups in total. The number of hydrogen-bond acceptors (Lipinski definition) is 3. The lowest BCUT2D eigenvalue weighted by Gasteiger charge is -2.06. The molecular formula is C16H16O3S. The summed E-state index contributed by atoms with van der Waals surface area (Å²) >= 11 is 1.64. The Labute approximate surface area is 122 Å². The molecule has 0 aromatic heterocycles. The van der Waals surface area contributed by atoms with E-state index in [1.165, 1.54) is 0 Å². The average molecular weight is 288 g/mol. The summed E-state index contributed by atoms with van der Waals surface area (Å²) in [5, 5.41) is 8.92. The summed E-state index contributed by atoms with van der Waals surface area (Å²) in [7, 11) is 0. The van der Waals surface area contributed by atoms with E-state index in [0.29, 0.717) is 12.2 Å². The van der Waals surface area contributed by atoms with Crippen molar-refractivity contribution < 1.29 is 14.6 Å². The molecule has 0 aliphatic heterocycles. The van der Waals surface area contributed by atoms with Gasteiger partial charge in [0, 0.05) is 10.6 Å². The Morgan fingerprint density at radius 1 is 1.10 bits per heavy atom. The SMILES string of the molecule is O=C(O)c1cccc(SCCCOc2ccccc2)c1. The molecule has 104 valence electrons. The normalized spacial score (nSPS) is 10.2. The minimum Gasteiger partial charge on any atom is -0.494 e. The minimum absolute atomic E-state index is 0.329. The van der Waals surface area contributed by atoms with Crippen LogP contribution in [0.15, 0.2) is 59.5 Å². The Kier molecular flexibility index (Phi) is 5.50. The molecule has 0 saturated carbocycles. The van der Waals surface area contributed by atoms with E-state index in [9.17, 15) is 4.79 Å². The van der Waals surface area contributed by atoms with Crippen LogP contribution in [0.4, 0.5) is 0 Å². The van der Waals surface area contributed by atoms with Crippen LogP contribution in [0.3, 0.4) is 0 Å². The molecule has 0 amide bonds. The molecule has 2 aromatic rings. The standard InChI is InChI=1S/C16H16O3S/c17-16(18)13-6-4-9-15(12-13)20-11-5-10-19-14-7-2-1-3-8-14/h1-4,6-9,12H,5,10-11H2,(H,17,18). The van der Waals surface area contributed by atoms with Gasteiger partial charge < -0.3 is 9.84 Å². The van der Waals surface area contributed by atoms with Crippen LogP contribution < -0.4 is 4.74 Å². The Morgan fingerprint density at radius 3 is 2.65 bits per heavy atom. The van der Waals surface area contributed by atoms with E-state index in [0.717, 1.165) is 22.8 Å². The van der Waals surface area contributed by atoms with Gasteiger partial charge in [0.05, 0.1) is 12.2 Å². The molecule has 0 spiro atoms. The fraction of sp³-hybridized carbons (Fsp3) is 0.188. The van der Waals surface area contributed by atoms with Gasteiger partial charge in [-0.3, -0.25) is 0 Å². The second-order valence-electron chi connectivity index (χ2n) is 4.20. The van der Waals surface area contributed by atoms with Gasteiger partial charge in [-0.15, -0.1) is 11.8 Å². The zero-order valence-corrected chi connectivity index (χ0v) is 11.8. The molecule has 4 heteroatoms. The molecule has 0 heterocycles. The van der Waals surface area contributed by atoms with Gasteiger partial charge in [0.1, 0.15) is 5.75 Å². The molecule has 0 bridgehead atoms. The first-order valence-corrected chi connectivity index (χ1v) is 7.38. The maximum atomic E-state index is 10.9. The summed E-state index contributed by atoms with van der Waals surface area (Å²) in [5.41, 5.74) is 0.329. The maximum absolute atomic E-state index is 10.9.